The standard InChI is InChI=1S/C12H8ClF3S/c13-11(10-5-2-6-17-10)8-3-1-4-9(7-8)12(14,15)16/h1-7,11H. The number of thiophene rings is 1. The highest BCUT2D eigenvalue weighted by atomic mass is 35.5. The molecular formula is C12H8ClF3S. The number of hydrogen-bond acceptors (Lipinski definition) is 1. The van der Waals surface area contributed by atoms with E-state index in [2.05, 4.69) is 0 Å². The van der Waals surface area contributed by atoms with Gasteiger partial charge in [-0.25, -0.2) is 0 Å². The van der Waals surface area contributed by atoms with Crippen LogP contribution in [0.3, 0.4) is 0 Å². The molecule has 1 aromatic carbocycles. The molecule has 0 saturated heterocycles. The van der Waals surface area contributed by atoms with Gasteiger partial charge in [-0.3, -0.25) is 0 Å². The maximum Gasteiger partial charge on any atom is 0.416 e. The molecule has 1 heterocycles. The molecular weight excluding hydrogens is 269 g/mol. The lowest BCUT2D eigenvalue weighted by Gasteiger charge is -2.11. The fraction of sp³-hybridized carbons (Fsp3) is 0.167. The highest BCUT2D eigenvalue weighted by Crippen LogP contribution is 2.35. The Morgan fingerprint density at radius 3 is 2.47 bits per heavy atom. The van der Waals surface area contributed by atoms with Crippen molar-refractivity contribution in [1.29, 1.82) is 0 Å². The maximum atomic E-state index is 12.5. The largest absolute Gasteiger partial charge is 0.416 e. The van der Waals surface area contributed by atoms with Crippen molar-refractivity contribution in [3.63, 3.8) is 0 Å². The van der Waals surface area contributed by atoms with Gasteiger partial charge in [-0.05, 0) is 29.1 Å². The first kappa shape index (κ1) is 12.5. The minimum Gasteiger partial charge on any atom is -0.166 e. The van der Waals surface area contributed by atoms with Crippen molar-refractivity contribution in [3.05, 3.63) is 57.8 Å². The van der Waals surface area contributed by atoms with Gasteiger partial charge in [-0.1, -0.05) is 18.2 Å². The molecule has 1 unspecified atom stereocenters. The Hall–Kier alpha value is -1.00. The minimum absolute atomic E-state index is 0.462. The molecule has 2 rings (SSSR count). The van der Waals surface area contributed by atoms with E-state index in [4.69, 9.17) is 11.6 Å². The Morgan fingerprint density at radius 1 is 1.12 bits per heavy atom. The lowest BCUT2D eigenvalue weighted by Crippen LogP contribution is -2.05. The molecule has 2 aromatic rings. The lowest BCUT2D eigenvalue weighted by atomic mass is 10.1. The summed E-state index contributed by atoms with van der Waals surface area (Å²) >= 11 is 7.56. The third kappa shape index (κ3) is 2.82. The summed E-state index contributed by atoms with van der Waals surface area (Å²) in [5.74, 6) is 0. The van der Waals surface area contributed by atoms with Crippen LogP contribution in [0.5, 0.6) is 0 Å². The van der Waals surface area contributed by atoms with E-state index in [1.54, 1.807) is 6.07 Å². The molecule has 90 valence electrons. The van der Waals surface area contributed by atoms with Gasteiger partial charge in [0.05, 0.1) is 10.9 Å². The molecule has 0 spiro atoms. The van der Waals surface area contributed by atoms with Crippen molar-refractivity contribution in [3.8, 4) is 0 Å². The molecule has 0 bridgehead atoms. The fourth-order valence-corrected chi connectivity index (χ4v) is 2.56. The zero-order valence-corrected chi connectivity index (χ0v) is 10.1. The van der Waals surface area contributed by atoms with Crippen molar-refractivity contribution < 1.29 is 13.2 Å². The summed E-state index contributed by atoms with van der Waals surface area (Å²) in [5.41, 5.74) is -0.207. The molecule has 5 heteroatoms. The summed E-state index contributed by atoms with van der Waals surface area (Å²) in [6.07, 6.45) is -4.33. The SMILES string of the molecule is FC(F)(F)c1cccc(C(Cl)c2cccs2)c1. The zero-order valence-electron chi connectivity index (χ0n) is 8.54. The Morgan fingerprint density at radius 2 is 1.88 bits per heavy atom. The van der Waals surface area contributed by atoms with Crippen molar-refractivity contribution >= 4 is 22.9 Å². The van der Waals surface area contributed by atoms with Gasteiger partial charge in [0.15, 0.2) is 0 Å². The van der Waals surface area contributed by atoms with Crippen LogP contribution in [0.15, 0.2) is 41.8 Å². The molecule has 0 aliphatic rings. The quantitative estimate of drug-likeness (QED) is 0.670. The number of benzene rings is 1. The number of rotatable bonds is 2. The molecule has 0 N–H and O–H groups in total. The molecule has 1 atom stereocenters. The first-order chi connectivity index (χ1) is 7.98. The second-order valence-corrected chi connectivity index (χ2v) is 4.92. The van der Waals surface area contributed by atoms with Crippen LogP contribution in [-0.2, 0) is 6.18 Å². The van der Waals surface area contributed by atoms with Crippen LogP contribution in [0, 0.1) is 0 Å². The smallest absolute Gasteiger partial charge is 0.166 e. The van der Waals surface area contributed by atoms with Crippen molar-refractivity contribution in [2.75, 3.05) is 0 Å². The molecule has 0 radical (unpaired) electrons. The normalized spacial score (nSPS) is 13.6. The van der Waals surface area contributed by atoms with E-state index < -0.39 is 17.1 Å². The van der Waals surface area contributed by atoms with Crippen LogP contribution in [0.2, 0.25) is 0 Å². The van der Waals surface area contributed by atoms with Crippen LogP contribution < -0.4 is 0 Å². The van der Waals surface area contributed by atoms with Crippen LogP contribution in [0.4, 0.5) is 13.2 Å². The average Bonchev–Trinajstić information content (AvgIpc) is 2.80. The summed E-state index contributed by atoms with van der Waals surface area (Å²) < 4.78 is 37.6. The van der Waals surface area contributed by atoms with Gasteiger partial charge in [-0.15, -0.1) is 22.9 Å². The Balaban J connectivity index is 2.34. The van der Waals surface area contributed by atoms with E-state index in [9.17, 15) is 13.2 Å². The first-order valence-electron chi connectivity index (χ1n) is 4.83. The lowest BCUT2D eigenvalue weighted by molar-refractivity contribution is -0.137. The summed E-state index contributed by atoms with van der Waals surface area (Å²) in [4.78, 5) is 0.839. The van der Waals surface area contributed by atoms with Crippen molar-refractivity contribution in [1.82, 2.24) is 0 Å². The van der Waals surface area contributed by atoms with Gasteiger partial charge < -0.3 is 0 Å². The van der Waals surface area contributed by atoms with Gasteiger partial charge >= 0.3 is 6.18 Å². The maximum absolute atomic E-state index is 12.5. The highest BCUT2D eigenvalue weighted by molar-refractivity contribution is 7.10. The third-order valence-corrected chi connectivity index (χ3v) is 3.85. The van der Waals surface area contributed by atoms with Gasteiger partial charge in [0.2, 0.25) is 0 Å². The highest BCUT2D eigenvalue weighted by Gasteiger charge is 2.31. The predicted molar refractivity (Wildman–Crippen MR) is 63.5 cm³/mol. The van der Waals surface area contributed by atoms with Gasteiger partial charge in [-0.2, -0.15) is 13.2 Å². The monoisotopic (exact) mass is 276 g/mol. The second kappa shape index (κ2) is 4.70. The molecule has 0 amide bonds. The first-order valence-corrected chi connectivity index (χ1v) is 6.15. The predicted octanol–water partition coefficient (Wildman–Crippen LogP) is 5.10. The molecule has 0 nitrogen and oxygen atoms in total. The number of hydrogen-bond donors (Lipinski definition) is 0. The molecule has 17 heavy (non-hydrogen) atoms. The fourth-order valence-electron chi connectivity index (χ4n) is 1.47. The van der Waals surface area contributed by atoms with Gasteiger partial charge in [0, 0.05) is 4.88 Å². The topological polar surface area (TPSA) is 0 Å². The van der Waals surface area contributed by atoms with Crippen LogP contribution >= 0.6 is 22.9 Å². The van der Waals surface area contributed by atoms with E-state index in [0.717, 1.165) is 17.0 Å². The van der Waals surface area contributed by atoms with Crippen LogP contribution in [0.1, 0.15) is 21.4 Å². The van der Waals surface area contributed by atoms with Crippen molar-refractivity contribution in [2.24, 2.45) is 0 Å². The van der Waals surface area contributed by atoms with E-state index in [1.807, 2.05) is 17.5 Å². The molecule has 0 aliphatic carbocycles. The average molecular weight is 277 g/mol. The summed E-state index contributed by atoms with van der Waals surface area (Å²) in [5, 5.41) is 1.32. The molecule has 1 aromatic heterocycles. The molecule has 0 aliphatic heterocycles. The molecule has 0 fully saturated rings. The van der Waals surface area contributed by atoms with E-state index in [0.29, 0.717) is 5.56 Å². The van der Waals surface area contributed by atoms with Gasteiger partial charge in [0.25, 0.3) is 0 Å². The van der Waals surface area contributed by atoms with E-state index in [1.165, 1.54) is 17.4 Å². The van der Waals surface area contributed by atoms with E-state index in [-0.39, 0.29) is 0 Å². The summed E-state index contributed by atoms with van der Waals surface area (Å²) in [6, 6.07) is 8.75. The zero-order chi connectivity index (χ0) is 12.5. The van der Waals surface area contributed by atoms with Gasteiger partial charge in [0.1, 0.15) is 0 Å². The van der Waals surface area contributed by atoms with Crippen LogP contribution in [-0.4, -0.2) is 0 Å². The van der Waals surface area contributed by atoms with Crippen LogP contribution in [0.25, 0.3) is 0 Å². The third-order valence-electron chi connectivity index (χ3n) is 2.30. The number of alkyl halides is 4. The van der Waals surface area contributed by atoms with Crippen molar-refractivity contribution in [2.45, 2.75) is 11.6 Å². The minimum atomic E-state index is -4.33. The second-order valence-electron chi connectivity index (χ2n) is 3.50. The molecule has 0 saturated carbocycles. The Bertz CT molecular complexity index is 491. The summed E-state index contributed by atoms with van der Waals surface area (Å²) in [7, 11) is 0. The Labute approximate surface area is 106 Å². The van der Waals surface area contributed by atoms with E-state index >= 15 is 0 Å². The Kier molecular flexibility index (Phi) is 3.45. The number of halogens is 4. The summed E-state index contributed by atoms with van der Waals surface area (Å²) in [6.45, 7) is 0.